The molecule has 2 N–H and O–H groups in total. The van der Waals surface area contributed by atoms with Gasteiger partial charge in [-0.1, -0.05) is 34.8 Å². The zero-order chi connectivity index (χ0) is 30.3. The van der Waals surface area contributed by atoms with Gasteiger partial charge in [0.1, 0.15) is 9.93 Å². The number of alkyl halides is 2. The topological polar surface area (TPSA) is 87.7 Å². The molecule has 1 aliphatic rings. The molecular weight excluding hydrogens is 632 g/mol. The van der Waals surface area contributed by atoms with Crippen molar-refractivity contribution in [3.05, 3.63) is 86.9 Å². The number of hydrogen-bond donors (Lipinski definition) is 2. The van der Waals surface area contributed by atoms with E-state index in [2.05, 4.69) is 10.6 Å². The summed E-state index contributed by atoms with van der Waals surface area (Å²) in [6, 6.07) is 16.0. The Balaban J connectivity index is 1.43. The van der Waals surface area contributed by atoms with Crippen LogP contribution in [0.2, 0.25) is 15.1 Å². The van der Waals surface area contributed by atoms with E-state index in [0.717, 1.165) is 0 Å². The van der Waals surface area contributed by atoms with Gasteiger partial charge in [-0.25, -0.2) is 4.79 Å². The van der Waals surface area contributed by atoms with Gasteiger partial charge in [0.05, 0.1) is 16.5 Å². The largest absolute Gasteiger partial charge is 0.443 e. The van der Waals surface area contributed by atoms with E-state index in [1.54, 1.807) is 76.3 Å². The average molecular weight is 658 g/mol. The monoisotopic (exact) mass is 655 g/mol. The number of benzene rings is 3. The van der Waals surface area contributed by atoms with Crippen molar-refractivity contribution < 1.29 is 19.1 Å². The summed E-state index contributed by atoms with van der Waals surface area (Å²) in [5.41, 5.74) is 1.53. The number of nitrogens with one attached hydrogen (secondary N) is 2. The molecule has 0 saturated heterocycles. The fourth-order valence-electron chi connectivity index (χ4n) is 4.22. The molecule has 12 heteroatoms. The van der Waals surface area contributed by atoms with Crippen LogP contribution in [-0.4, -0.2) is 34.9 Å². The standard InChI is InChI=1S/C29H26Cl5N3O4/c1-28(2,3)41-27(40)37(4)20-8-5-18(6-9-20)35-25(38)21-14-19(7-10-22(21)32)36-26(39)24-23(29(24,33)34)15-11-16(30)13-17(31)12-15/h5-14,23-24H,1-4H3,(H,35,38)(H,36,39)/t23-,24+/m1/s1. The molecule has 0 bridgehead atoms. The van der Waals surface area contributed by atoms with Gasteiger partial charge in [-0.3, -0.25) is 14.5 Å². The summed E-state index contributed by atoms with van der Waals surface area (Å²) in [6.07, 6.45) is -0.505. The second kappa shape index (κ2) is 11.9. The maximum atomic E-state index is 13.1. The minimum atomic E-state index is -1.35. The van der Waals surface area contributed by atoms with Gasteiger partial charge in [0.25, 0.3) is 5.91 Å². The van der Waals surface area contributed by atoms with Crippen LogP contribution >= 0.6 is 58.0 Å². The molecular formula is C29H26Cl5N3O4. The first-order valence-corrected chi connectivity index (χ1v) is 14.3. The second-order valence-electron chi connectivity index (χ2n) is 10.6. The van der Waals surface area contributed by atoms with Crippen LogP contribution in [0.4, 0.5) is 21.9 Å². The molecule has 1 aliphatic carbocycles. The van der Waals surface area contributed by atoms with Gasteiger partial charge in [0.15, 0.2) is 0 Å². The summed E-state index contributed by atoms with van der Waals surface area (Å²) in [6.45, 7) is 5.35. The molecule has 0 heterocycles. The highest BCUT2D eigenvalue weighted by Gasteiger charge is 2.67. The Labute approximate surface area is 263 Å². The predicted octanol–water partition coefficient (Wildman–Crippen LogP) is 8.80. The highest BCUT2D eigenvalue weighted by Crippen LogP contribution is 2.65. The molecule has 0 aliphatic heterocycles. The smallest absolute Gasteiger partial charge is 0.414 e. The lowest BCUT2D eigenvalue weighted by Gasteiger charge is -2.24. The van der Waals surface area contributed by atoms with E-state index in [-0.39, 0.29) is 10.6 Å². The van der Waals surface area contributed by atoms with Crippen LogP contribution < -0.4 is 15.5 Å². The SMILES string of the molecule is CN(C(=O)OC(C)(C)C)c1ccc(NC(=O)c2cc(NC(=O)[C@@H]3[C@@H](c4cc(Cl)cc(Cl)c4)C3(Cl)Cl)ccc2Cl)cc1. The first-order valence-electron chi connectivity index (χ1n) is 12.4. The van der Waals surface area contributed by atoms with E-state index >= 15 is 0 Å². The third-order valence-electron chi connectivity index (χ3n) is 6.24. The van der Waals surface area contributed by atoms with Crippen LogP contribution in [0.5, 0.6) is 0 Å². The molecule has 0 aromatic heterocycles. The average Bonchev–Trinajstić information content (AvgIpc) is 3.45. The Bertz CT molecular complexity index is 1490. The van der Waals surface area contributed by atoms with Crippen molar-refractivity contribution in [3.8, 4) is 0 Å². The number of hydrogen-bond acceptors (Lipinski definition) is 4. The van der Waals surface area contributed by atoms with Crippen molar-refractivity contribution in [1.82, 2.24) is 0 Å². The molecule has 4 rings (SSSR count). The third-order valence-corrected chi connectivity index (χ3v) is 7.94. The number of halogens is 5. The zero-order valence-corrected chi connectivity index (χ0v) is 26.2. The highest BCUT2D eigenvalue weighted by molar-refractivity contribution is 6.53. The number of nitrogens with zero attached hydrogens (tertiary/aromatic N) is 1. The number of amides is 3. The summed E-state index contributed by atoms with van der Waals surface area (Å²) in [4.78, 5) is 39.8. The van der Waals surface area contributed by atoms with Gasteiger partial charge >= 0.3 is 6.09 Å². The van der Waals surface area contributed by atoms with Gasteiger partial charge in [0.2, 0.25) is 5.91 Å². The van der Waals surface area contributed by atoms with Crippen LogP contribution in [0.3, 0.4) is 0 Å². The van der Waals surface area contributed by atoms with Crippen molar-refractivity contribution in [2.45, 2.75) is 36.6 Å². The lowest BCUT2D eigenvalue weighted by Crippen LogP contribution is -2.34. The molecule has 0 unspecified atom stereocenters. The number of carbonyl (C=O) groups excluding carboxylic acids is 3. The van der Waals surface area contributed by atoms with E-state index in [1.807, 2.05) is 0 Å². The molecule has 0 radical (unpaired) electrons. The normalized spacial score (nSPS) is 17.4. The van der Waals surface area contributed by atoms with Crippen LogP contribution in [0, 0.1) is 5.92 Å². The molecule has 0 spiro atoms. The van der Waals surface area contributed by atoms with Crippen LogP contribution in [0.1, 0.15) is 42.6 Å². The van der Waals surface area contributed by atoms with Crippen LogP contribution in [0.15, 0.2) is 60.7 Å². The van der Waals surface area contributed by atoms with Crippen LogP contribution in [-0.2, 0) is 9.53 Å². The Morgan fingerprint density at radius 1 is 0.854 bits per heavy atom. The summed E-state index contributed by atoms with van der Waals surface area (Å²) in [7, 11) is 1.59. The Morgan fingerprint density at radius 3 is 2.02 bits per heavy atom. The van der Waals surface area contributed by atoms with Gasteiger partial charge in [0, 0.05) is 40.1 Å². The molecule has 3 aromatic carbocycles. The van der Waals surface area contributed by atoms with E-state index in [9.17, 15) is 14.4 Å². The van der Waals surface area contributed by atoms with Gasteiger partial charge in [-0.2, -0.15) is 0 Å². The second-order valence-corrected chi connectivity index (χ2v) is 13.3. The van der Waals surface area contributed by atoms with Gasteiger partial charge in [-0.15, -0.1) is 23.2 Å². The Kier molecular flexibility index (Phi) is 9.07. The first kappa shape index (κ1) is 31.3. The molecule has 7 nitrogen and oxygen atoms in total. The number of ether oxygens (including phenoxy) is 1. The van der Waals surface area contributed by atoms with Crippen molar-refractivity contribution >= 4 is 93.0 Å². The lowest BCUT2D eigenvalue weighted by molar-refractivity contribution is -0.117. The van der Waals surface area contributed by atoms with Crippen molar-refractivity contribution in [2.75, 3.05) is 22.6 Å². The minimum absolute atomic E-state index is 0.136. The predicted molar refractivity (Wildman–Crippen MR) is 166 cm³/mol. The van der Waals surface area contributed by atoms with Crippen LogP contribution in [0.25, 0.3) is 0 Å². The molecule has 216 valence electrons. The molecule has 1 saturated carbocycles. The lowest BCUT2D eigenvalue weighted by atomic mass is 10.1. The Morgan fingerprint density at radius 2 is 1.44 bits per heavy atom. The first-order chi connectivity index (χ1) is 19.1. The van der Waals surface area contributed by atoms with Gasteiger partial charge in [-0.05, 0) is 87.0 Å². The molecule has 2 atom stereocenters. The number of carbonyl (C=O) groups is 3. The van der Waals surface area contributed by atoms with Crippen molar-refractivity contribution in [3.63, 3.8) is 0 Å². The van der Waals surface area contributed by atoms with E-state index in [0.29, 0.717) is 32.7 Å². The fraction of sp³-hybridized carbons (Fsp3) is 0.276. The summed E-state index contributed by atoms with van der Waals surface area (Å²) in [5.74, 6) is -2.23. The summed E-state index contributed by atoms with van der Waals surface area (Å²) >= 11 is 31.4. The Hall–Kier alpha value is -2.68. The van der Waals surface area contributed by atoms with Crippen molar-refractivity contribution in [1.29, 1.82) is 0 Å². The number of anilines is 3. The van der Waals surface area contributed by atoms with E-state index in [4.69, 9.17) is 62.7 Å². The zero-order valence-electron chi connectivity index (χ0n) is 22.4. The van der Waals surface area contributed by atoms with E-state index in [1.165, 1.54) is 17.0 Å². The van der Waals surface area contributed by atoms with Gasteiger partial charge < -0.3 is 15.4 Å². The molecule has 41 heavy (non-hydrogen) atoms. The fourth-order valence-corrected chi connectivity index (χ4v) is 5.80. The van der Waals surface area contributed by atoms with Crippen molar-refractivity contribution in [2.24, 2.45) is 5.92 Å². The maximum absolute atomic E-state index is 13.1. The molecule has 3 aromatic rings. The summed E-state index contributed by atoms with van der Waals surface area (Å²) < 4.78 is 4.02. The third kappa shape index (κ3) is 7.40. The quantitative estimate of drug-likeness (QED) is 0.260. The minimum Gasteiger partial charge on any atom is -0.443 e. The maximum Gasteiger partial charge on any atom is 0.414 e. The van der Waals surface area contributed by atoms with E-state index < -0.39 is 39.7 Å². The molecule has 1 fully saturated rings. The summed E-state index contributed by atoms with van der Waals surface area (Å²) in [5, 5.41) is 6.51. The number of rotatable bonds is 6. The highest BCUT2D eigenvalue weighted by atomic mass is 35.5. The molecule has 3 amide bonds.